The highest BCUT2D eigenvalue weighted by atomic mass is 79.9. The van der Waals surface area contributed by atoms with Gasteiger partial charge in [-0.05, 0) is 89.7 Å². The number of halogens is 4. The second-order valence-corrected chi connectivity index (χ2v) is 8.63. The van der Waals surface area contributed by atoms with Gasteiger partial charge in [-0.1, -0.05) is 6.07 Å². The van der Waals surface area contributed by atoms with Crippen LogP contribution in [0.1, 0.15) is 34.6 Å². The van der Waals surface area contributed by atoms with Crippen molar-refractivity contribution in [1.82, 2.24) is 0 Å². The fourth-order valence-electron chi connectivity index (χ4n) is 2.16. The van der Waals surface area contributed by atoms with Gasteiger partial charge in [-0.2, -0.15) is 0 Å². The summed E-state index contributed by atoms with van der Waals surface area (Å²) in [7, 11) is 0. The molecule has 0 atom stereocenters. The molecule has 2 aromatic rings. The first-order chi connectivity index (χ1) is 12.1. The van der Waals surface area contributed by atoms with Gasteiger partial charge in [0.05, 0.1) is 17.2 Å². The number of hydrogen-bond donors (Lipinski definition) is 2. The van der Waals surface area contributed by atoms with Gasteiger partial charge >= 0.3 is 5.97 Å². The Morgan fingerprint density at radius 3 is 2.12 bits per heavy atom. The highest BCUT2D eigenvalue weighted by Crippen LogP contribution is 2.42. The Bertz CT molecular complexity index is 884. The molecule has 0 unspecified atom stereocenters. The van der Waals surface area contributed by atoms with E-state index in [0.717, 1.165) is 0 Å². The van der Waals surface area contributed by atoms with E-state index in [1.807, 2.05) is 13.8 Å². The third-order valence-corrected chi connectivity index (χ3v) is 7.94. The third kappa shape index (κ3) is 4.68. The van der Waals surface area contributed by atoms with E-state index in [0.29, 0.717) is 24.9 Å². The lowest BCUT2D eigenvalue weighted by Crippen LogP contribution is -2.18. The van der Waals surface area contributed by atoms with Gasteiger partial charge in [0.1, 0.15) is 5.75 Å². The SMILES string of the molecule is CC(C)Oc1cccc(NC(=O)c2c(Br)c(Br)c(Br)c(Br)c2C(=O)O)c1. The first-order valence-electron chi connectivity index (χ1n) is 7.30. The fraction of sp³-hybridized carbons (Fsp3) is 0.176. The lowest BCUT2D eigenvalue weighted by atomic mass is 10.1. The zero-order chi connectivity index (χ0) is 19.6. The molecule has 0 spiro atoms. The van der Waals surface area contributed by atoms with Crippen molar-refractivity contribution in [2.24, 2.45) is 0 Å². The predicted molar refractivity (Wildman–Crippen MR) is 114 cm³/mol. The number of carboxylic acids is 1. The van der Waals surface area contributed by atoms with Crippen LogP contribution in [0.4, 0.5) is 5.69 Å². The van der Waals surface area contributed by atoms with Gasteiger partial charge < -0.3 is 15.2 Å². The van der Waals surface area contributed by atoms with Crippen molar-refractivity contribution in [3.05, 3.63) is 53.3 Å². The minimum absolute atomic E-state index is 0.00497. The molecule has 0 fully saturated rings. The monoisotopic (exact) mass is 611 g/mol. The Labute approximate surface area is 184 Å². The van der Waals surface area contributed by atoms with Crippen molar-refractivity contribution in [3.8, 4) is 5.75 Å². The summed E-state index contributed by atoms with van der Waals surface area (Å²) in [6.07, 6.45) is -0.00732. The van der Waals surface area contributed by atoms with Crippen molar-refractivity contribution in [2.75, 3.05) is 5.32 Å². The van der Waals surface area contributed by atoms with Crippen LogP contribution >= 0.6 is 63.7 Å². The van der Waals surface area contributed by atoms with E-state index in [1.54, 1.807) is 24.3 Å². The number of hydrogen-bond acceptors (Lipinski definition) is 3. The number of carbonyl (C=O) groups is 2. The molecule has 0 radical (unpaired) electrons. The molecule has 1 amide bonds. The Morgan fingerprint density at radius 2 is 1.58 bits per heavy atom. The number of rotatable bonds is 5. The second-order valence-electron chi connectivity index (χ2n) is 5.46. The lowest BCUT2D eigenvalue weighted by molar-refractivity contribution is 0.0691. The molecule has 0 aliphatic heterocycles. The number of aromatic carboxylic acids is 1. The van der Waals surface area contributed by atoms with E-state index in [-0.39, 0.29) is 21.7 Å². The normalized spacial score (nSPS) is 10.7. The van der Waals surface area contributed by atoms with Crippen LogP contribution in [0, 0.1) is 0 Å². The van der Waals surface area contributed by atoms with Crippen LogP contribution in [0.2, 0.25) is 0 Å². The summed E-state index contributed by atoms with van der Waals surface area (Å²) in [5, 5.41) is 12.3. The van der Waals surface area contributed by atoms with Crippen LogP contribution in [0.3, 0.4) is 0 Å². The molecule has 0 heterocycles. The molecule has 0 saturated carbocycles. The molecular formula is C17H13Br4NO4. The molecule has 2 aromatic carbocycles. The summed E-state index contributed by atoms with van der Waals surface area (Å²) in [6, 6.07) is 6.90. The molecule has 0 aliphatic rings. The van der Waals surface area contributed by atoms with Crippen molar-refractivity contribution < 1.29 is 19.4 Å². The fourth-order valence-corrected chi connectivity index (χ4v) is 4.63. The van der Waals surface area contributed by atoms with Gasteiger partial charge in [0.25, 0.3) is 5.91 Å². The number of anilines is 1. The number of nitrogens with one attached hydrogen (secondary N) is 1. The molecule has 2 N–H and O–H groups in total. The molecule has 2 rings (SSSR count). The summed E-state index contributed by atoms with van der Waals surface area (Å²) in [5.41, 5.74) is 0.334. The first-order valence-corrected chi connectivity index (χ1v) is 10.5. The van der Waals surface area contributed by atoms with Crippen LogP contribution in [0.15, 0.2) is 42.2 Å². The molecule has 26 heavy (non-hydrogen) atoms. The molecule has 0 saturated heterocycles. The largest absolute Gasteiger partial charge is 0.491 e. The standard InChI is InChI=1S/C17H13Br4NO4/c1-7(2)26-9-5-3-4-8(6-9)22-16(23)10-11(17(24)25)13(19)15(21)14(20)12(10)18/h3-7H,1-2H3,(H,22,23)(H,24,25). The summed E-state index contributed by atoms with van der Waals surface area (Å²) in [4.78, 5) is 24.5. The average Bonchev–Trinajstić information content (AvgIpc) is 2.55. The number of carboxylic acid groups (broad SMARTS) is 1. The zero-order valence-electron chi connectivity index (χ0n) is 13.6. The topological polar surface area (TPSA) is 75.6 Å². The number of benzene rings is 2. The minimum atomic E-state index is -1.23. The Hall–Kier alpha value is -0.900. The zero-order valence-corrected chi connectivity index (χ0v) is 19.9. The predicted octanol–water partition coefficient (Wildman–Crippen LogP) is 6.47. The van der Waals surface area contributed by atoms with Crippen LogP contribution in [0.25, 0.3) is 0 Å². The van der Waals surface area contributed by atoms with E-state index < -0.39 is 11.9 Å². The number of ether oxygens (including phenoxy) is 1. The Morgan fingerprint density at radius 1 is 1.00 bits per heavy atom. The summed E-state index contributed by atoms with van der Waals surface area (Å²) >= 11 is 13.2. The molecule has 9 heteroatoms. The highest BCUT2D eigenvalue weighted by molar-refractivity contribution is 9.15. The van der Waals surface area contributed by atoms with E-state index in [4.69, 9.17) is 4.74 Å². The van der Waals surface area contributed by atoms with Crippen molar-refractivity contribution in [2.45, 2.75) is 20.0 Å². The smallest absolute Gasteiger partial charge is 0.337 e. The second kappa shape index (κ2) is 8.86. The first kappa shape index (κ1) is 21.4. The van der Waals surface area contributed by atoms with Crippen LogP contribution < -0.4 is 10.1 Å². The van der Waals surface area contributed by atoms with Gasteiger partial charge in [0, 0.05) is 29.6 Å². The molecule has 0 aliphatic carbocycles. The Balaban J connectivity index is 2.46. The van der Waals surface area contributed by atoms with E-state index in [1.165, 1.54) is 0 Å². The van der Waals surface area contributed by atoms with E-state index in [9.17, 15) is 14.7 Å². The maximum Gasteiger partial charge on any atom is 0.337 e. The van der Waals surface area contributed by atoms with Crippen molar-refractivity contribution in [1.29, 1.82) is 0 Å². The van der Waals surface area contributed by atoms with Crippen LogP contribution in [-0.2, 0) is 0 Å². The highest BCUT2D eigenvalue weighted by Gasteiger charge is 2.28. The van der Waals surface area contributed by atoms with Gasteiger partial charge in [-0.15, -0.1) is 0 Å². The van der Waals surface area contributed by atoms with Gasteiger partial charge in [0.2, 0.25) is 0 Å². The summed E-state index contributed by atoms with van der Waals surface area (Å²) in [5.74, 6) is -1.19. The van der Waals surface area contributed by atoms with Crippen molar-refractivity contribution in [3.63, 3.8) is 0 Å². The number of carbonyl (C=O) groups excluding carboxylic acids is 1. The minimum Gasteiger partial charge on any atom is -0.491 e. The summed E-state index contributed by atoms with van der Waals surface area (Å²) in [6.45, 7) is 3.80. The van der Waals surface area contributed by atoms with Gasteiger partial charge in [-0.25, -0.2) is 4.79 Å². The van der Waals surface area contributed by atoms with Gasteiger partial charge in [0.15, 0.2) is 0 Å². The van der Waals surface area contributed by atoms with E-state index in [2.05, 4.69) is 69.0 Å². The number of amides is 1. The van der Waals surface area contributed by atoms with Crippen LogP contribution in [-0.4, -0.2) is 23.1 Å². The summed E-state index contributed by atoms with van der Waals surface area (Å²) < 4.78 is 7.22. The maximum absolute atomic E-state index is 12.8. The third-order valence-electron chi connectivity index (χ3n) is 3.17. The quantitative estimate of drug-likeness (QED) is 0.299. The van der Waals surface area contributed by atoms with Gasteiger partial charge in [-0.3, -0.25) is 4.79 Å². The molecule has 0 aromatic heterocycles. The Kier molecular flexibility index (Phi) is 7.29. The molecule has 0 bridgehead atoms. The molecule has 5 nitrogen and oxygen atoms in total. The lowest BCUT2D eigenvalue weighted by Gasteiger charge is -2.15. The molecular weight excluding hydrogens is 602 g/mol. The van der Waals surface area contributed by atoms with Crippen molar-refractivity contribution >= 4 is 81.3 Å². The molecule has 138 valence electrons. The van der Waals surface area contributed by atoms with E-state index >= 15 is 0 Å². The van der Waals surface area contributed by atoms with Crippen LogP contribution in [0.5, 0.6) is 5.75 Å². The average molecular weight is 615 g/mol. The maximum atomic E-state index is 12.8.